The van der Waals surface area contributed by atoms with Gasteiger partial charge in [-0.05, 0) is 89.6 Å². The summed E-state index contributed by atoms with van der Waals surface area (Å²) in [5, 5.41) is 13.3. The Hall–Kier alpha value is -4.92. The summed E-state index contributed by atoms with van der Waals surface area (Å²) in [7, 11) is 0. The minimum Gasteiger partial charge on any atom is -0.456 e. The molecule has 0 bridgehead atoms. The zero-order valence-corrected chi connectivity index (χ0v) is 22.3. The van der Waals surface area contributed by atoms with Gasteiger partial charge in [-0.25, -0.2) is 0 Å². The van der Waals surface area contributed by atoms with Crippen LogP contribution in [0.25, 0.3) is 86.6 Å². The van der Waals surface area contributed by atoms with Crippen LogP contribution < -0.4 is 0 Å². The van der Waals surface area contributed by atoms with Crippen molar-refractivity contribution in [2.45, 2.75) is 0 Å². The maximum Gasteiger partial charge on any atom is 0.136 e. The molecule has 0 aliphatic rings. The highest BCUT2D eigenvalue weighted by Crippen LogP contribution is 2.48. The average Bonchev–Trinajstić information content (AvgIpc) is 3.62. The van der Waals surface area contributed by atoms with Crippen LogP contribution in [0, 0.1) is 0 Å². The summed E-state index contributed by atoms with van der Waals surface area (Å²) in [6, 6.07) is 46.3. The van der Waals surface area contributed by atoms with E-state index in [1.54, 1.807) is 11.3 Å². The van der Waals surface area contributed by atoms with Gasteiger partial charge in [0.05, 0.1) is 0 Å². The molecule has 40 heavy (non-hydrogen) atoms. The van der Waals surface area contributed by atoms with Crippen molar-refractivity contribution in [2.24, 2.45) is 0 Å². The van der Waals surface area contributed by atoms with Gasteiger partial charge in [0.1, 0.15) is 11.2 Å². The summed E-state index contributed by atoms with van der Waals surface area (Å²) in [6.45, 7) is 0. The van der Waals surface area contributed by atoms with Crippen molar-refractivity contribution in [3.05, 3.63) is 133 Å². The van der Waals surface area contributed by atoms with Gasteiger partial charge >= 0.3 is 0 Å². The van der Waals surface area contributed by atoms with Gasteiger partial charge in [-0.1, -0.05) is 103 Å². The lowest BCUT2D eigenvalue weighted by Gasteiger charge is -2.19. The van der Waals surface area contributed by atoms with Crippen LogP contribution in [0.4, 0.5) is 0 Å². The van der Waals surface area contributed by atoms with Crippen molar-refractivity contribution < 1.29 is 4.42 Å². The zero-order chi connectivity index (χ0) is 26.2. The first-order valence-corrected chi connectivity index (χ1v) is 14.5. The van der Waals surface area contributed by atoms with Crippen LogP contribution in [0.1, 0.15) is 0 Å². The molecule has 0 aliphatic heterocycles. The van der Waals surface area contributed by atoms with E-state index in [1.165, 1.54) is 75.4 Å². The molecular weight excluding hydrogens is 504 g/mol. The Morgan fingerprint density at radius 2 is 1.02 bits per heavy atom. The van der Waals surface area contributed by atoms with E-state index in [9.17, 15) is 0 Å². The first-order valence-electron chi connectivity index (χ1n) is 13.6. The van der Waals surface area contributed by atoms with Gasteiger partial charge < -0.3 is 4.42 Å². The van der Waals surface area contributed by atoms with Crippen molar-refractivity contribution in [3.63, 3.8) is 0 Å². The molecule has 0 N–H and O–H groups in total. The van der Waals surface area contributed by atoms with Gasteiger partial charge in [0.2, 0.25) is 0 Å². The number of fused-ring (bicyclic) bond motifs is 7. The molecule has 0 radical (unpaired) electrons. The highest BCUT2D eigenvalue weighted by Gasteiger charge is 2.21. The van der Waals surface area contributed by atoms with Gasteiger partial charge in [-0.2, -0.15) is 0 Å². The second-order valence-electron chi connectivity index (χ2n) is 10.5. The molecule has 0 saturated carbocycles. The van der Waals surface area contributed by atoms with Crippen molar-refractivity contribution in [1.29, 1.82) is 0 Å². The quantitative estimate of drug-likeness (QED) is 0.204. The zero-order valence-electron chi connectivity index (χ0n) is 21.5. The van der Waals surface area contributed by atoms with E-state index in [0.717, 1.165) is 11.2 Å². The molecule has 9 rings (SSSR count). The summed E-state index contributed by atoms with van der Waals surface area (Å²) in [5.41, 5.74) is 6.89. The average molecular weight is 527 g/mol. The predicted molar refractivity (Wildman–Crippen MR) is 172 cm³/mol. The van der Waals surface area contributed by atoms with Crippen molar-refractivity contribution in [1.82, 2.24) is 0 Å². The van der Waals surface area contributed by atoms with Crippen molar-refractivity contribution >= 4 is 75.7 Å². The first-order chi connectivity index (χ1) is 19.8. The van der Waals surface area contributed by atoms with E-state index in [0.29, 0.717) is 0 Å². The largest absolute Gasteiger partial charge is 0.456 e. The molecule has 2 aromatic heterocycles. The molecule has 0 saturated heterocycles. The van der Waals surface area contributed by atoms with Gasteiger partial charge in [0.25, 0.3) is 0 Å². The lowest BCUT2D eigenvalue weighted by molar-refractivity contribution is 0.669. The Labute approximate surface area is 234 Å². The van der Waals surface area contributed by atoms with E-state index in [4.69, 9.17) is 4.42 Å². The molecule has 0 aliphatic carbocycles. The summed E-state index contributed by atoms with van der Waals surface area (Å²) >= 11 is 1.76. The van der Waals surface area contributed by atoms with Crippen LogP contribution in [-0.2, 0) is 0 Å². The summed E-state index contributed by atoms with van der Waals surface area (Å²) in [4.78, 5) is 0. The Bertz CT molecular complexity index is 2380. The third-order valence-electron chi connectivity index (χ3n) is 8.33. The maximum absolute atomic E-state index is 6.46. The van der Waals surface area contributed by atoms with Crippen LogP contribution in [0.3, 0.4) is 0 Å². The lowest BCUT2D eigenvalue weighted by Crippen LogP contribution is -1.92. The van der Waals surface area contributed by atoms with Gasteiger partial charge in [0.15, 0.2) is 0 Å². The first kappa shape index (κ1) is 22.0. The molecule has 0 atom stereocenters. The fourth-order valence-corrected chi connectivity index (χ4v) is 7.44. The molecule has 1 nitrogen and oxygen atoms in total. The smallest absolute Gasteiger partial charge is 0.136 e. The van der Waals surface area contributed by atoms with E-state index >= 15 is 0 Å². The number of thiophene rings is 1. The second-order valence-corrected chi connectivity index (χ2v) is 11.4. The third kappa shape index (κ3) is 3.03. The van der Waals surface area contributed by atoms with Crippen LogP contribution in [0.5, 0.6) is 0 Å². The molecule has 0 amide bonds. The van der Waals surface area contributed by atoms with Crippen LogP contribution in [-0.4, -0.2) is 0 Å². The number of benzene rings is 7. The molecule has 2 heterocycles. The standard InChI is InChI=1S/C38H22OS/c1-2-11-25-23(9-1)10-7-16-26(25)36-27-12-3-5-14-29(27)37(30-15-6-4-13-28(30)36)31-17-8-18-33-38(31)32-21-24-19-20-40-35(24)22-34(32)39-33/h1-22H. The monoisotopic (exact) mass is 526 g/mol. The molecule has 0 spiro atoms. The van der Waals surface area contributed by atoms with Crippen molar-refractivity contribution in [2.75, 3.05) is 0 Å². The molecule has 2 heteroatoms. The van der Waals surface area contributed by atoms with Gasteiger partial charge in [-0.3, -0.25) is 0 Å². The highest BCUT2D eigenvalue weighted by molar-refractivity contribution is 7.17. The summed E-state index contributed by atoms with van der Waals surface area (Å²) < 4.78 is 7.72. The summed E-state index contributed by atoms with van der Waals surface area (Å²) in [6.07, 6.45) is 0. The topological polar surface area (TPSA) is 13.1 Å². The van der Waals surface area contributed by atoms with Crippen LogP contribution >= 0.6 is 11.3 Å². The molecule has 0 fully saturated rings. The van der Waals surface area contributed by atoms with E-state index in [2.05, 4.69) is 133 Å². The Balaban J connectivity index is 1.47. The minimum atomic E-state index is 0.927. The van der Waals surface area contributed by atoms with Crippen molar-refractivity contribution in [3.8, 4) is 22.3 Å². The molecule has 186 valence electrons. The number of hydrogen-bond donors (Lipinski definition) is 0. The van der Waals surface area contributed by atoms with Crippen LogP contribution in [0.15, 0.2) is 137 Å². The molecule has 9 aromatic rings. The minimum absolute atomic E-state index is 0.927. The SMILES string of the molecule is c1ccc2c(-c3c4ccccc4c(-c4cccc5oc6cc7sccc7cc6c45)c4ccccc34)cccc2c1. The molecule has 0 unspecified atom stereocenters. The maximum atomic E-state index is 6.46. The predicted octanol–water partition coefficient (Wildman–Crippen LogP) is 11.6. The second kappa shape index (κ2) is 8.29. The molecule has 7 aromatic carbocycles. The highest BCUT2D eigenvalue weighted by atomic mass is 32.1. The fraction of sp³-hybridized carbons (Fsp3) is 0. The van der Waals surface area contributed by atoms with Gasteiger partial charge in [0, 0.05) is 15.5 Å². The normalized spacial score (nSPS) is 12.0. The third-order valence-corrected chi connectivity index (χ3v) is 9.21. The lowest BCUT2D eigenvalue weighted by atomic mass is 9.84. The van der Waals surface area contributed by atoms with Crippen LogP contribution in [0.2, 0.25) is 0 Å². The summed E-state index contributed by atoms with van der Waals surface area (Å²) in [5.74, 6) is 0. The van der Waals surface area contributed by atoms with E-state index in [-0.39, 0.29) is 0 Å². The van der Waals surface area contributed by atoms with E-state index < -0.39 is 0 Å². The van der Waals surface area contributed by atoms with E-state index in [1.807, 2.05) is 0 Å². The number of hydrogen-bond acceptors (Lipinski definition) is 2. The number of furan rings is 1. The number of rotatable bonds is 2. The Kier molecular flexibility index (Phi) is 4.55. The Morgan fingerprint density at radius 1 is 0.425 bits per heavy atom. The molecular formula is C38H22OS. The van der Waals surface area contributed by atoms with Gasteiger partial charge in [-0.15, -0.1) is 11.3 Å². The fourth-order valence-electron chi connectivity index (χ4n) is 6.64. The Morgan fingerprint density at radius 3 is 1.77 bits per heavy atom.